The summed E-state index contributed by atoms with van der Waals surface area (Å²) in [5, 5.41) is 7.79. The Morgan fingerprint density at radius 2 is 1.84 bits per heavy atom. The van der Waals surface area contributed by atoms with E-state index in [1.165, 1.54) is 0 Å². The zero-order valence-electron chi connectivity index (χ0n) is 18.1. The molecule has 0 fully saturated rings. The van der Waals surface area contributed by atoms with Gasteiger partial charge in [-0.05, 0) is 61.2 Å². The molecule has 0 radical (unpaired) electrons. The molecule has 1 atom stereocenters. The lowest BCUT2D eigenvalue weighted by Gasteiger charge is -2.24. The van der Waals surface area contributed by atoms with Crippen LogP contribution in [0.25, 0.3) is 5.69 Å². The first-order valence-corrected chi connectivity index (χ1v) is 10.3. The predicted octanol–water partition coefficient (Wildman–Crippen LogP) is 3.63. The molecule has 31 heavy (non-hydrogen) atoms. The smallest absolute Gasteiger partial charge is 0.224 e. The monoisotopic (exact) mass is 421 g/mol. The Labute approximate surface area is 181 Å². The van der Waals surface area contributed by atoms with E-state index in [0.29, 0.717) is 11.5 Å². The molecule has 1 N–H and O–H groups in total. The third-order valence-corrected chi connectivity index (χ3v) is 5.65. The molecule has 0 saturated carbocycles. The molecule has 162 valence electrons. The fraction of sp³-hybridized carbons (Fsp3) is 0.333. The molecule has 0 aliphatic heterocycles. The van der Waals surface area contributed by atoms with Gasteiger partial charge in [-0.3, -0.25) is 4.79 Å². The average molecular weight is 421 g/mol. The molecule has 1 heterocycles. The van der Waals surface area contributed by atoms with Gasteiger partial charge in [0.1, 0.15) is 5.75 Å². The first-order valence-electron chi connectivity index (χ1n) is 10.3. The van der Waals surface area contributed by atoms with Crippen LogP contribution in [-0.2, 0) is 17.6 Å². The fourth-order valence-electron chi connectivity index (χ4n) is 4.07. The van der Waals surface area contributed by atoms with E-state index in [1.54, 1.807) is 21.3 Å². The Morgan fingerprint density at radius 3 is 2.55 bits per heavy atom. The van der Waals surface area contributed by atoms with Crippen LogP contribution >= 0.6 is 0 Å². The molecule has 1 aromatic heterocycles. The molecule has 7 nitrogen and oxygen atoms in total. The van der Waals surface area contributed by atoms with Crippen LogP contribution in [0.5, 0.6) is 17.2 Å². The Hall–Kier alpha value is -3.48. The molecule has 4 rings (SSSR count). The number of fused-ring (bicyclic) bond motifs is 1. The summed E-state index contributed by atoms with van der Waals surface area (Å²) in [4.78, 5) is 12.8. The average Bonchev–Trinajstić information content (AvgIpc) is 3.24. The third kappa shape index (κ3) is 4.35. The van der Waals surface area contributed by atoms with Gasteiger partial charge in [0, 0.05) is 11.3 Å². The van der Waals surface area contributed by atoms with Crippen LogP contribution in [0.15, 0.2) is 48.7 Å². The van der Waals surface area contributed by atoms with E-state index in [-0.39, 0.29) is 18.4 Å². The number of carbonyl (C=O) groups is 1. The van der Waals surface area contributed by atoms with Crippen LogP contribution in [0.4, 0.5) is 0 Å². The van der Waals surface area contributed by atoms with E-state index in [9.17, 15) is 4.79 Å². The second kappa shape index (κ2) is 9.12. The van der Waals surface area contributed by atoms with Gasteiger partial charge in [-0.15, -0.1) is 0 Å². The van der Waals surface area contributed by atoms with Gasteiger partial charge in [0.25, 0.3) is 0 Å². The fourth-order valence-corrected chi connectivity index (χ4v) is 4.07. The summed E-state index contributed by atoms with van der Waals surface area (Å²) >= 11 is 0. The Kier molecular flexibility index (Phi) is 6.11. The normalized spacial score (nSPS) is 15.1. The number of hydrogen-bond acceptors (Lipinski definition) is 5. The minimum atomic E-state index is -0.0385. The quantitative estimate of drug-likeness (QED) is 0.631. The molecule has 1 aliphatic carbocycles. The van der Waals surface area contributed by atoms with Crippen molar-refractivity contribution >= 4 is 5.91 Å². The topological polar surface area (TPSA) is 74.6 Å². The van der Waals surface area contributed by atoms with Gasteiger partial charge in [-0.1, -0.05) is 6.07 Å². The molecule has 1 amide bonds. The maximum Gasteiger partial charge on any atom is 0.224 e. The summed E-state index contributed by atoms with van der Waals surface area (Å²) < 4.78 is 17.8. The number of benzene rings is 2. The summed E-state index contributed by atoms with van der Waals surface area (Å²) in [6.45, 7) is 0. The highest BCUT2D eigenvalue weighted by Gasteiger charge is 2.26. The van der Waals surface area contributed by atoms with Crippen molar-refractivity contribution in [3.63, 3.8) is 0 Å². The van der Waals surface area contributed by atoms with Crippen molar-refractivity contribution in [1.29, 1.82) is 0 Å². The number of ether oxygens (including phenoxy) is 3. The SMILES string of the molecule is COc1ccc(-n2ncc3c2CCC[C@@H]3NC(=O)Cc2ccc(OC)c(OC)c2)cc1. The van der Waals surface area contributed by atoms with Crippen LogP contribution in [0.1, 0.15) is 35.7 Å². The molecule has 3 aromatic rings. The van der Waals surface area contributed by atoms with Crippen molar-refractivity contribution in [2.75, 3.05) is 21.3 Å². The van der Waals surface area contributed by atoms with Gasteiger partial charge in [-0.2, -0.15) is 5.10 Å². The Morgan fingerprint density at radius 1 is 1.06 bits per heavy atom. The van der Waals surface area contributed by atoms with Gasteiger partial charge >= 0.3 is 0 Å². The summed E-state index contributed by atoms with van der Waals surface area (Å²) in [6, 6.07) is 13.3. The van der Waals surface area contributed by atoms with Gasteiger partial charge in [0.05, 0.1) is 45.7 Å². The molecular weight excluding hydrogens is 394 g/mol. The maximum absolute atomic E-state index is 12.8. The standard InChI is InChI=1S/C24H27N3O4/c1-29-18-10-8-17(9-11-18)27-21-6-4-5-20(19(21)15-25-27)26-24(28)14-16-7-12-22(30-2)23(13-16)31-3/h7-13,15,20H,4-6,14H2,1-3H3,(H,26,28)/t20-/m0/s1. The van der Waals surface area contributed by atoms with Crippen LogP contribution in [0.2, 0.25) is 0 Å². The molecule has 0 spiro atoms. The van der Waals surface area contributed by atoms with Crippen molar-refractivity contribution in [3.05, 3.63) is 65.5 Å². The van der Waals surface area contributed by atoms with E-state index in [0.717, 1.165) is 47.5 Å². The second-order valence-electron chi connectivity index (χ2n) is 7.53. The summed E-state index contributed by atoms with van der Waals surface area (Å²) in [5.74, 6) is 2.05. The van der Waals surface area contributed by atoms with Crippen molar-refractivity contribution < 1.29 is 19.0 Å². The molecule has 1 aliphatic rings. The number of aromatic nitrogens is 2. The molecule has 0 bridgehead atoms. The Bertz CT molecular complexity index is 1060. The summed E-state index contributed by atoms with van der Waals surface area (Å²) in [5.41, 5.74) is 4.09. The minimum Gasteiger partial charge on any atom is -0.497 e. The Balaban J connectivity index is 1.48. The predicted molar refractivity (Wildman–Crippen MR) is 117 cm³/mol. The third-order valence-electron chi connectivity index (χ3n) is 5.65. The largest absolute Gasteiger partial charge is 0.497 e. The number of carbonyl (C=O) groups excluding carboxylic acids is 1. The van der Waals surface area contributed by atoms with Crippen LogP contribution < -0.4 is 19.5 Å². The molecule has 0 unspecified atom stereocenters. The van der Waals surface area contributed by atoms with Crippen LogP contribution in [0, 0.1) is 0 Å². The second-order valence-corrected chi connectivity index (χ2v) is 7.53. The highest BCUT2D eigenvalue weighted by molar-refractivity contribution is 5.79. The van der Waals surface area contributed by atoms with Crippen molar-refractivity contribution in [1.82, 2.24) is 15.1 Å². The first-order chi connectivity index (χ1) is 15.1. The lowest BCUT2D eigenvalue weighted by Crippen LogP contribution is -2.32. The van der Waals surface area contributed by atoms with Gasteiger partial charge < -0.3 is 19.5 Å². The van der Waals surface area contributed by atoms with Crippen molar-refractivity contribution in [2.45, 2.75) is 31.7 Å². The number of methoxy groups -OCH3 is 3. The van der Waals surface area contributed by atoms with E-state index in [4.69, 9.17) is 14.2 Å². The molecule has 7 heteroatoms. The van der Waals surface area contributed by atoms with E-state index in [2.05, 4.69) is 10.4 Å². The summed E-state index contributed by atoms with van der Waals surface area (Å²) in [6.07, 6.45) is 4.98. The van der Waals surface area contributed by atoms with Crippen molar-refractivity contribution in [2.24, 2.45) is 0 Å². The first kappa shape index (κ1) is 20.8. The van der Waals surface area contributed by atoms with Gasteiger partial charge in [0.15, 0.2) is 11.5 Å². The van der Waals surface area contributed by atoms with E-state index < -0.39 is 0 Å². The number of amides is 1. The number of hydrogen-bond donors (Lipinski definition) is 1. The zero-order chi connectivity index (χ0) is 21.8. The number of nitrogens with zero attached hydrogens (tertiary/aromatic N) is 2. The highest BCUT2D eigenvalue weighted by Crippen LogP contribution is 2.32. The van der Waals surface area contributed by atoms with Crippen LogP contribution in [-0.4, -0.2) is 37.0 Å². The highest BCUT2D eigenvalue weighted by atomic mass is 16.5. The van der Waals surface area contributed by atoms with Crippen LogP contribution in [0.3, 0.4) is 0 Å². The number of nitrogens with one attached hydrogen (secondary N) is 1. The molecule has 2 aromatic carbocycles. The van der Waals surface area contributed by atoms with E-state index in [1.807, 2.05) is 53.3 Å². The molecule has 0 saturated heterocycles. The van der Waals surface area contributed by atoms with Crippen molar-refractivity contribution in [3.8, 4) is 22.9 Å². The van der Waals surface area contributed by atoms with Gasteiger partial charge in [0.2, 0.25) is 5.91 Å². The minimum absolute atomic E-state index is 0.0257. The lowest BCUT2D eigenvalue weighted by atomic mass is 9.92. The molecular formula is C24H27N3O4. The lowest BCUT2D eigenvalue weighted by molar-refractivity contribution is -0.121. The van der Waals surface area contributed by atoms with E-state index >= 15 is 0 Å². The van der Waals surface area contributed by atoms with Gasteiger partial charge in [-0.25, -0.2) is 4.68 Å². The maximum atomic E-state index is 12.8. The zero-order valence-corrected chi connectivity index (χ0v) is 18.1. The summed E-state index contributed by atoms with van der Waals surface area (Å²) in [7, 11) is 4.84. The number of rotatable bonds is 7.